The van der Waals surface area contributed by atoms with Crippen molar-refractivity contribution in [3.8, 4) is 0 Å². The number of aliphatic carboxylic acids is 1. The molecule has 0 aliphatic heterocycles. The summed E-state index contributed by atoms with van der Waals surface area (Å²) in [5.74, 6) is -2.13. The molecular formula is C13H16O4. The molecule has 0 aliphatic carbocycles. The van der Waals surface area contributed by atoms with E-state index >= 15 is 0 Å². The summed E-state index contributed by atoms with van der Waals surface area (Å²) in [7, 11) is 0. The molecule has 1 N–H and O–H groups in total. The lowest BCUT2D eigenvalue weighted by Crippen LogP contribution is -2.12. The van der Waals surface area contributed by atoms with Crippen molar-refractivity contribution in [2.45, 2.75) is 26.7 Å². The van der Waals surface area contributed by atoms with Crippen molar-refractivity contribution in [1.29, 1.82) is 0 Å². The van der Waals surface area contributed by atoms with Crippen LogP contribution in [0.15, 0.2) is 36.0 Å². The molecule has 0 bridgehead atoms. The van der Waals surface area contributed by atoms with Crippen molar-refractivity contribution in [2.24, 2.45) is 0 Å². The summed E-state index contributed by atoms with van der Waals surface area (Å²) in [5.41, 5.74) is 0.435. The molecule has 0 aromatic rings. The minimum absolute atomic E-state index is 0.346. The van der Waals surface area contributed by atoms with E-state index in [4.69, 9.17) is 5.11 Å². The van der Waals surface area contributed by atoms with Gasteiger partial charge >= 0.3 is 5.97 Å². The van der Waals surface area contributed by atoms with E-state index in [0.717, 1.165) is 0 Å². The average molecular weight is 236 g/mol. The number of carboxylic acids is 1. The van der Waals surface area contributed by atoms with Gasteiger partial charge in [0.1, 0.15) is 6.42 Å². The third-order valence-corrected chi connectivity index (χ3v) is 1.91. The maximum absolute atomic E-state index is 11.5. The number of rotatable bonds is 7. The Balaban J connectivity index is 4.31. The van der Waals surface area contributed by atoms with Gasteiger partial charge in [-0.05, 0) is 19.4 Å². The second kappa shape index (κ2) is 8.21. The zero-order valence-corrected chi connectivity index (χ0v) is 9.97. The van der Waals surface area contributed by atoms with E-state index in [-0.39, 0.29) is 12.2 Å². The highest BCUT2D eigenvalue weighted by molar-refractivity contribution is 6.10. The van der Waals surface area contributed by atoms with Gasteiger partial charge in [-0.25, -0.2) is 0 Å². The number of carbonyl (C=O) groups is 3. The Bertz CT molecular complexity index is 386. The minimum Gasteiger partial charge on any atom is -0.481 e. The summed E-state index contributed by atoms with van der Waals surface area (Å²) < 4.78 is 0. The maximum atomic E-state index is 11.5. The number of Topliss-reactive ketones (excluding diaryl/α,β-unsaturated/α-hetero) is 2. The quantitative estimate of drug-likeness (QED) is 0.417. The Hall–Kier alpha value is -1.97. The van der Waals surface area contributed by atoms with Crippen LogP contribution < -0.4 is 0 Å². The Kier molecular flexibility index (Phi) is 7.26. The molecule has 0 unspecified atom stereocenters. The van der Waals surface area contributed by atoms with Crippen LogP contribution in [0.5, 0.6) is 0 Å². The molecule has 0 rings (SSSR count). The fraction of sp³-hybridized carbons (Fsp3) is 0.308. The molecule has 0 saturated heterocycles. The normalized spacial score (nSPS) is 12.2. The molecular weight excluding hydrogens is 220 g/mol. The van der Waals surface area contributed by atoms with Crippen molar-refractivity contribution in [3.63, 3.8) is 0 Å². The lowest BCUT2D eigenvalue weighted by atomic mass is 10.1. The van der Waals surface area contributed by atoms with E-state index in [2.05, 4.69) is 0 Å². The lowest BCUT2D eigenvalue weighted by Gasteiger charge is -1.97. The molecule has 92 valence electrons. The first-order chi connectivity index (χ1) is 7.97. The number of carbonyl (C=O) groups excluding carboxylic acids is 2. The van der Waals surface area contributed by atoms with E-state index in [1.807, 2.05) is 19.1 Å². The second-order valence-electron chi connectivity index (χ2n) is 3.47. The summed E-state index contributed by atoms with van der Waals surface area (Å²) in [4.78, 5) is 32.8. The van der Waals surface area contributed by atoms with Crippen LogP contribution in [0.25, 0.3) is 0 Å². The van der Waals surface area contributed by atoms with Crippen molar-refractivity contribution in [2.75, 3.05) is 0 Å². The number of hydrogen-bond acceptors (Lipinski definition) is 3. The third kappa shape index (κ3) is 7.90. The SMILES string of the molecule is C/C=C/C=C/C=C(\C)C(=O)CC(=O)CC(=O)O. The molecule has 0 heterocycles. The number of ketones is 2. The molecule has 0 radical (unpaired) electrons. The maximum Gasteiger partial charge on any atom is 0.310 e. The van der Waals surface area contributed by atoms with Crippen LogP contribution in [0.3, 0.4) is 0 Å². The smallest absolute Gasteiger partial charge is 0.310 e. The van der Waals surface area contributed by atoms with Gasteiger partial charge in [-0.2, -0.15) is 0 Å². The van der Waals surface area contributed by atoms with Crippen LogP contribution in [-0.4, -0.2) is 22.6 Å². The average Bonchev–Trinajstić information content (AvgIpc) is 2.22. The zero-order chi connectivity index (χ0) is 13.3. The fourth-order valence-electron chi connectivity index (χ4n) is 1.02. The van der Waals surface area contributed by atoms with E-state index in [9.17, 15) is 14.4 Å². The monoisotopic (exact) mass is 236 g/mol. The van der Waals surface area contributed by atoms with E-state index in [1.165, 1.54) is 0 Å². The van der Waals surface area contributed by atoms with E-state index in [1.54, 1.807) is 25.2 Å². The van der Waals surface area contributed by atoms with Crippen molar-refractivity contribution in [3.05, 3.63) is 36.0 Å². The second-order valence-corrected chi connectivity index (χ2v) is 3.47. The van der Waals surface area contributed by atoms with Gasteiger partial charge in [0.15, 0.2) is 11.6 Å². The topological polar surface area (TPSA) is 71.4 Å². The van der Waals surface area contributed by atoms with E-state index in [0.29, 0.717) is 5.57 Å². The molecule has 0 fully saturated rings. The van der Waals surface area contributed by atoms with Gasteiger partial charge in [-0.3, -0.25) is 14.4 Å². The predicted octanol–water partition coefficient (Wildman–Crippen LogP) is 2.07. The van der Waals surface area contributed by atoms with Gasteiger partial charge in [-0.1, -0.05) is 30.4 Å². The Labute approximate surface area is 100 Å². The third-order valence-electron chi connectivity index (χ3n) is 1.91. The zero-order valence-electron chi connectivity index (χ0n) is 9.97. The largest absolute Gasteiger partial charge is 0.481 e. The first-order valence-corrected chi connectivity index (χ1v) is 5.20. The molecule has 0 atom stereocenters. The Morgan fingerprint density at radius 2 is 1.71 bits per heavy atom. The fourth-order valence-corrected chi connectivity index (χ4v) is 1.02. The molecule has 0 aromatic carbocycles. The van der Waals surface area contributed by atoms with Crippen LogP contribution in [0.1, 0.15) is 26.7 Å². The first kappa shape index (κ1) is 15.0. The van der Waals surface area contributed by atoms with Gasteiger partial charge in [0.2, 0.25) is 0 Å². The summed E-state index contributed by atoms with van der Waals surface area (Å²) in [5, 5.41) is 8.37. The van der Waals surface area contributed by atoms with E-state index < -0.39 is 18.2 Å². The first-order valence-electron chi connectivity index (χ1n) is 5.20. The van der Waals surface area contributed by atoms with Crippen molar-refractivity contribution >= 4 is 17.5 Å². The molecule has 0 amide bonds. The number of carboxylic acid groups (broad SMARTS) is 1. The van der Waals surface area contributed by atoms with Crippen LogP contribution in [0.2, 0.25) is 0 Å². The van der Waals surface area contributed by atoms with Crippen LogP contribution in [0, 0.1) is 0 Å². The van der Waals surface area contributed by atoms with Crippen LogP contribution in [0.4, 0.5) is 0 Å². The highest BCUT2D eigenvalue weighted by Crippen LogP contribution is 2.02. The molecule has 17 heavy (non-hydrogen) atoms. The van der Waals surface area contributed by atoms with Gasteiger partial charge in [0, 0.05) is 0 Å². The minimum atomic E-state index is -1.21. The summed E-state index contributed by atoms with van der Waals surface area (Å²) in [6.45, 7) is 3.47. The highest BCUT2D eigenvalue weighted by Gasteiger charge is 2.13. The van der Waals surface area contributed by atoms with Crippen molar-refractivity contribution < 1.29 is 19.5 Å². The van der Waals surface area contributed by atoms with Crippen LogP contribution in [-0.2, 0) is 14.4 Å². The number of hydrogen-bond donors (Lipinski definition) is 1. The number of allylic oxidation sites excluding steroid dienone is 6. The highest BCUT2D eigenvalue weighted by atomic mass is 16.4. The standard InChI is InChI=1S/C13H16O4/c1-3-4-5-6-7-10(2)12(15)8-11(14)9-13(16)17/h3-7H,8-9H2,1-2H3,(H,16,17)/b4-3+,6-5+,10-7+. The molecule has 0 aliphatic rings. The Morgan fingerprint density at radius 1 is 1.06 bits per heavy atom. The van der Waals surface area contributed by atoms with Gasteiger partial charge in [0.05, 0.1) is 6.42 Å². The molecule has 4 heteroatoms. The van der Waals surface area contributed by atoms with Gasteiger partial charge < -0.3 is 5.11 Å². The van der Waals surface area contributed by atoms with Crippen LogP contribution >= 0.6 is 0 Å². The van der Waals surface area contributed by atoms with Gasteiger partial charge in [0.25, 0.3) is 0 Å². The predicted molar refractivity (Wildman–Crippen MR) is 64.6 cm³/mol. The molecule has 4 nitrogen and oxygen atoms in total. The lowest BCUT2D eigenvalue weighted by molar-refractivity contribution is -0.140. The summed E-state index contributed by atoms with van der Waals surface area (Å²) in [6.07, 6.45) is 7.74. The molecule has 0 aromatic heterocycles. The van der Waals surface area contributed by atoms with Crippen molar-refractivity contribution in [1.82, 2.24) is 0 Å². The summed E-state index contributed by atoms with van der Waals surface area (Å²) >= 11 is 0. The Morgan fingerprint density at radius 3 is 2.24 bits per heavy atom. The molecule has 0 spiro atoms. The van der Waals surface area contributed by atoms with Gasteiger partial charge in [-0.15, -0.1) is 0 Å². The summed E-state index contributed by atoms with van der Waals surface area (Å²) in [6, 6.07) is 0. The molecule has 0 saturated carbocycles.